The van der Waals surface area contributed by atoms with E-state index in [9.17, 15) is 0 Å². The van der Waals surface area contributed by atoms with E-state index in [0.29, 0.717) is 0 Å². The van der Waals surface area contributed by atoms with E-state index in [2.05, 4.69) is 15.5 Å². The second-order valence-electron chi connectivity index (χ2n) is 4.97. The molecule has 0 radical (unpaired) electrons. The van der Waals surface area contributed by atoms with Gasteiger partial charge in [-0.25, -0.2) is 0 Å². The number of pyridine rings is 1. The van der Waals surface area contributed by atoms with E-state index in [1.165, 1.54) is 0 Å². The van der Waals surface area contributed by atoms with Crippen LogP contribution in [0.25, 0.3) is 0 Å². The number of benzene rings is 1. The van der Waals surface area contributed by atoms with Crippen molar-refractivity contribution in [3.05, 3.63) is 64.9 Å². The molecule has 1 aromatic carbocycles. The van der Waals surface area contributed by atoms with Gasteiger partial charge in [-0.15, -0.1) is 0 Å². The van der Waals surface area contributed by atoms with Crippen LogP contribution < -0.4 is 5.32 Å². The lowest BCUT2D eigenvalue weighted by Gasteiger charge is -2.10. The maximum atomic E-state index is 5.96. The van der Waals surface area contributed by atoms with Crippen LogP contribution in [-0.4, -0.2) is 23.3 Å². The molecule has 1 unspecified atom stereocenters. The highest BCUT2D eigenvalue weighted by Gasteiger charge is 2.21. The topological polar surface area (TPSA) is 46.5 Å². The van der Waals surface area contributed by atoms with Crippen molar-refractivity contribution in [1.82, 2.24) is 10.3 Å². The zero-order chi connectivity index (χ0) is 14.5. The van der Waals surface area contributed by atoms with Gasteiger partial charge >= 0.3 is 0 Å². The average Bonchev–Trinajstić information content (AvgIpc) is 2.97. The average molecular weight is 302 g/mol. The Morgan fingerprint density at radius 2 is 2.24 bits per heavy atom. The molecule has 0 saturated heterocycles. The molecular formula is C16H16ClN3O. The normalized spacial score (nSPS) is 17.4. The first-order chi connectivity index (χ1) is 10.3. The van der Waals surface area contributed by atoms with Crippen LogP contribution in [0.4, 0.5) is 0 Å². The van der Waals surface area contributed by atoms with Gasteiger partial charge in [-0.2, -0.15) is 0 Å². The van der Waals surface area contributed by atoms with E-state index < -0.39 is 0 Å². The monoisotopic (exact) mass is 301 g/mol. The van der Waals surface area contributed by atoms with Crippen molar-refractivity contribution < 1.29 is 4.84 Å². The summed E-state index contributed by atoms with van der Waals surface area (Å²) >= 11 is 5.96. The molecule has 1 aliphatic heterocycles. The van der Waals surface area contributed by atoms with Crippen molar-refractivity contribution >= 4 is 17.3 Å². The lowest BCUT2D eigenvalue weighted by atomic mass is 10.1. The fourth-order valence-electron chi connectivity index (χ4n) is 2.27. The van der Waals surface area contributed by atoms with Crippen molar-refractivity contribution in [1.29, 1.82) is 0 Å². The molecule has 1 atom stereocenters. The zero-order valence-electron chi connectivity index (χ0n) is 11.5. The van der Waals surface area contributed by atoms with Gasteiger partial charge in [-0.1, -0.05) is 28.9 Å². The summed E-state index contributed by atoms with van der Waals surface area (Å²) in [4.78, 5) is 9.55. The fraction of sp³-hybridized carbons (Fsp3) is 0.250. The zero-order valence-corrected chi connectivity index (χ0v) is 12.3. The molecule has 3 rings (SSSR count). The van der Waals surface area contributed by atoms with E-state index in [1.807, 2.05) is 42.6 Å². The molecule has 0 spiro atoms. The Balaban J connectivity index is 1.46. The van der Waals surface area contributed by atoms with E-state index in [0.717, 1.165) is 41.4 Å². The maximum absolute atomic E-state index is 5.96. The fourth-order valence-corrected chi connectivity index (χ4v) is 2.48. The van der Waals surface area contributed by atoms with Crippen LogP contribution in [-0.2, 0) is 11.4 Å². The lowest BCUT2D eigenvalue weighted by molar-refractivity contribution is 0.0848. The molecular weight excluding hydrogens is 286 g/mol. The summed E-state index contributed by atoms with van der Waals surface area (Å²) in [7, 11) is 0. The van der Waals surface area contributed by atoms with Crippen LogP contribution in [0.2, 0.25) is 5.02 Å². The summed E-state index contributed by atoms with van der Waals surface area (Å²) in [5, 5.41) is 8.27. The molecule has 5 heteroatoms. The van der Waals surface area contributed by atoms with E-state index in [4.69, 9.17) is 16.4 Å². The van der Waals surface area contributed by atoms with Crippen molar-refractivity contribution in [2.24, 2.45) is 5.16 Å². The molecule has 108 valence electrons. The molecule has 2 aromatic rings. The smallest absolute Gasteiger partial charge is 0.145 e. The second-order valence-corrected chi connectivity index (χ2v) is 5.41. The first-order valence-electron chi connectivity index (χ1n) is 6.89. The lowest BCUT2D eigenvalue weighted by Crippen LogP contribution is -2.26. The molecule has 0 fully saturated rings. The van der Waals surface area contributed by atoms with Gasteiger partial charge in [0.2, 0.25) is 0 Å². The van der Waals surface area contributed by atoms with Crippen LogP contribution in [0.1, 0.15) is 17.5 Å². The molecule has 1 aliphatic rings. The van der Waals surface area contributed by atoms with Crippen LogP contribution in [0.15, 0.2) is 53.9 Å². The van der Waals surface area contributed by atoms with Crippen LogP contribution in [0.5, 0.6) is 0 Å². The van der Waals surface area contributed by atoms with Gasteiger partial charge < -0.3 is 10.2 Å². The minimum atomic E-state index is 0.0689. The van der Waals surface area contributed by atoms with Crippen molar-refractivity contribution in [2.75, 3.05) is 6.54 Å². The summed E-state index contributed by atoms with van der Waals surface area (Å²) < 4.78 is 0. The third-order valence-corrected chi connectivity index (χ3v) is 3.55. The molecule has 1 aromatic heterocycles. The highest BCUT2D eigenvalue weighted by Crippen LogP contribution is 2.16. The van der Waals surface area contributed by atoms with E-state index in [1.54, 1.807) is 6.20 Å². The SMILES string of the molecule is Clc1cccc(CNCC2CC(c3cccnc3)=NO2)c1. The van der Waals surface area contributed by atoms with Crippen molar-refractivity contribution in [3.63, 3.8) is 0 Å². The van der Waals surface area contributed by atoms with Gasteiger partial charge in [0.1, 0.15) is 6.10 Å². The first kappa shape index (κ1) is 14.0. The van der Waals surface area contributed by atoms with Gasteiger partial charge in [0.25, 0.3) is 0 Å². The highest BCUT2D eigenvalue weighted by atomic mass is 35.5. The number of halogens is 1. The van der Waals surface area contributed by atoms with E-state index in [-0.39, 0.29) is 6.10 Å². The molecule has 0 aliphatic carbocycles. The van der Waals surface area contributed by atoms with Gasteiger partial charge in [-0.05, 0) is 29.8 Å². The molecule has 1 N–H and O–H groups in total. The van der Waals surface area contributed by atoms with Crippen molar-refractivity contribution in [3.8, 4) is 0 Å². The van der Waals surface area contributed by atoms with Gasteiger partial charge in [0.15, 0.2) is 0 Å². The Kier molecular flexibility index (Phi) is 4.48. The Bertz CT molecular complexity index is 630. The number of hydrogen-bond donors (Lipinski definition) is 1. The molecule has 0 bridgehead atoms. The Hall–Kier alpha value is -1.91. The quantitative estimate of drug-likeness (QED) is 0.923. The minimum absolute atomic E-state index is 0.0689. The summed E-state index contributed by atoms with van der Waals surface area (Å²) in [6.07, 6.45) is 4.43. The van der Waals surface area contributed by atoms with Crippen LogP contribution in [0, 0.1) is 0 Å². The maximum Gasteiger partial charge on any atom is 0.145 e. The third kappa shape index (κ3) is 3.80. The standard InChI is InChI=1S/C16H16ClN3O/c17-14-5-1-3-12(7-14)9-19-11-15-8-16(20-21-15)13-4-2-6-18-10-13/h1-7,10,15,19H,8-9,11H2. The summed E-state index contributed by atoms with van der Waals surface area (Å²) in [6.45, 7) is 1.52. The minimum Gasteiger partial charge on any atom is -0.390 e. The number of aromatic nitrogens is 1. The molecule has 0 saturated carbocycles. The Morgan fingerprint density at radius 3 is 3.05 bits per heavy atom. The predicted molar refractivity (Wildman–Crippen MR) is 83.4 cm³/mol. The number of nitrogens with one attached hydrogen (secondary N) is 1. The third-order valence-electron chi connectivity index (χ3n) is 3.32. The molecule has 21 heavy (non-hydrogen) atoms. The summed E-state index contributed by atoms with van der Waals surface area (Å²) in [6, 6.07) is 11.7. The molecule has 2 heterocycles. The Labute approximate surface area is 128 Å². The van der Waals surface area contributed by atoms with Gasteiger partial charge in [-0.3, -0.25) is 4.98 Å². The van der Waals surface area contributed by atoms with Crippen molar-refractivity contribution in [2.45, 2.75) is 19.1 Å². The van der Waals surface area contributed by atoms with Crippen LogP contribution in [0.3, 0.4) is 0 Å². The number of nitrogens with zero attached hydrogens (tertiary/aromatic N) is 2. The van der Waals surface area contributed by atoms with E-state index >= 15 is 0 Å². The highest BCUT2D eigenvalue weighted by molar-refractivity contribution is 6.30. The number of hydrogen-bond acceptors (Lipinski definition) is 4. The van der Waals surface area contributed by atoms with Crippen LogP contribution >= 0.6 is 11.6 Å². The summed E-state index contributed by atoms with van der Waals surface area (Å²) in [5.74, 6) is 0. The number of rotatable bonds is 5. The number of oxime groups is 1. The van der Waals surface area contributed by atoms with Gasteiger partial charge in [0, 0.05) is 42.5 Å². The molecule has 0 amide bonds. The predicted octanol–water partition coefficient (Wildman–Crippen LogP) is 3.02. The second kappa shape index (κ2) is 6.70. The first-order valence-corrected chi connectivity index (χ1v) is 7.27. The Morgan fingerprint density at radius 1 is 1.29 bits per heavy atom. The largest absolute Gasteiger partial charge is 0.390 e. The molecule has 4 nitrogen and oxygen atoms in total. The summed E-state index contributed by atoms with van der Waals surface area (Å²) in [5.41, 5.74) is 3.14. The van der Waals surface area contributed by atoms with Gasteiger partial charge in [0.05, 0.1) is 5.71 Å².